The lowest BCUT2D eigenvalue weighted by Crippen LogP contribution is -2.39. The second-order valence-electron chi connectivity index (χ2n) is 5.72. The van der Waals surface area contributed by atoms with Crippen LogP contribution in [0.4, 0.5) is 4.39 Å². The number of halogens is 1. The lowest BCUT2D eigenvalue weighted by atomic mass is 10.2. The number of amides is 1. The molecule has 0 saturated carbocycles. The fraction of sp³-hybridized carbons (Fsp3) is 0.350. The second-order valence-corrected chi connectivity index (χ2v) is 6.82. The van der Waals surface area contributed by atoms with Gasteiger partial charge in [0.25, 0.3) is 5.91 Å². The van der Waals surface area contributed by atoms with Crippen molar-refractivity contribution in [3.05, 3.63) is 65.5 Å². The first kappa shape index (κ1) is 19.3. The van der Waals surface area contributed by atoms with Crippen LogP contribution in [0.2, 0.25) is 0 Å². The molecule has 0 radical (unpaired) electrons. The summed E-state index contributed by atoms with van der Waals surface area (Å²) >= 11 is 1.59. The number of carbonyl (C=O) groups excluding carboxylic acids is 1. The molecule has 1 atom stereocenters. The lowest BCUT2D eigenvalue weighted by molar-refractivity contribution is -0.128. The molecule has 134 valence electrons. The minimum Gasteiger partial charge on any atom is -0.480 e. The van der Waals surface area contributed by atoms with Crippen LogP contribution in [0.1, 0.15) is 24.5 Å². The van der Waals surface area contributed by atoms with Gasteiger partial charge < -0.3 is 10.1 Å². The van der Waals surface area contributed by atoms with Gasteiger partial charge >= 0.3 is 0 Å². The van der Waals surface area contributed by atoms with Crippen LogP contribution >= 0.6 is 11.8 Å². The molecular formula is C20H24FNO2S. The van der Waals surface area contributed by atoms with Crippen molar-refractivity contribution in [3.8, 4) is 5.75 Å². The smallest absolute Gasteiger partial charge is 0.261 e. The molecule has 0 unspecified atom stereocenters. The molecule has 0 aliphatic heterocycles. The average Bonchev–Trinajstić information content (AvgIpc) is 2.62. The summed E-state index contributed by atoms with van der Waals surface area (Å²) in [5, 5.41) is 2.90. The van der Waals surface area contributed by atoms with E-state index in [9.17, 15) is 9.18 Å². The summed E-state index contributed by atoms with van der Waals surface area (Å²) in [6, 6.07) is 14.4. The normalized spacial score (nSPS) is 11.8. The van der Waals surface area contributed by atoms with E-state index in [2.05, 4.69) is 5.32 Å². The number of benzene rings is 2. The van der Waals surface area contributed by atoms with Crippen LogP contribution in [0.25, 0.3) is 0 Å². The number of carbonyl (C=O) groups is 1. The Morgan fingerprint density at radius 2 is 1.92 bits per heavy atom. The van der Waals surface area contributed by atoms with E-state index in [1.165, 1.54) is 6.07 Å². The number of aryl methyl sites for hydroxylation is 1. The van der Waals surface area contributed by atoms with Crippen molar-refractivity contribution in [1.82, 2.24) is 5.32 Å². The highest BCUT2D eigenvalue weighted by molar-refractivity contribution is 7.98. The zero-order valence-electron chi connectivity index (χ0n) is 14.6. The highest BCUT2D eigenvalue weighted by atomic mass is 32.2. The maximum Gasteiger partial charge on any atom is 0.261 e. The standard InChI is InChI=1S/C20H24FNO2S/c1-3-18(24-19-11-7-4-8-15(19)2)20(23)22-12-13-25-14-16-9-5-6-10-17(16)21/h4-11,18H,3,12-14H2,1-2H3,(H,22,23)/t18-/m1/s1. The van der Waals surface area contributed by atoms with E-state index >= 15 is 0 Å². The molecule has 0 saturated heterocycles. The first-order valence-electron chi connectivity index (χ1n) is 8.43. The van der Waals surface area contributed by atoms with E-state index in [0.29, 0.717) is 24.3 Å². The number of ether oxygens (including phenoxy) is 1. The Bertz CT molecular complexity index is 693. The first-order chi connectivity index (χ1) is 12.1. The molecule has 1 amide bonds. The van der Waals surface area contributed by atoms with Gasteiger partial charge in [0.05, 0.1) is 0 Å². The van der Waals surface area contributed by atoms with Crippen LogP contribution in [0.15, 0.2) is 48.5 Å². The fourth-order valence-electron chi connectivity index (χ4n) is 2.32. The Morgan fingerprint density at radius 1 is 1.20 bits per heavy atom. The summed E-state index contributed by atoms with van der Waals surface area (Å²) in [6.45, 7) is 4.42. The largest absolute Gasteiger partial charge is 0.480 e. The SMILES string of the molecule is CC[C@@H](Oc1ccccc1C)C(=O)NCCSCc1ccccc1F. The van der Waals surface area contributed by atoms with Crippen molar-refractivity contribution in [2.45, 2.75) is 32.1 Å². The van der Waals surface area contributed by atoms with Crippen molar-refractivity contribution in [2.24, 2.45) is 0 Å². The number of hydrogen-bond donors (Lipinski definition) is 1. The van der Waals surface area contributed by atoms with Gasteiger partial charge in [0.15, 0.2) is 6.10 Å². The third kappa shape index (κ3) is 6.09. The van der Waals surface area contributed by atoms with Crippen molar-refractivity contribution in [1.29, 1.82) is 0 Å². The predicted molar refractivity (Wildman–Crippen MR) is 101 cm³/mol. The summed E-state index contributed by atoms with van der Waals surface area (Å²) in [5.41, 5.74) is 1.70. The third-order valence-corrected chi connectivity index (χ3v) is 4.80. The van der Waals surface area contributed by atoms with Crippen molar-refractivity contribution in [2.75, 3.05) is 12.3 Å². The van der Waals surface area contributed by atoms with Gasteiger partial charge in [-0.05, 0) is 36.6 Å². The van der Waals surface area contributed by atoms with Gasteiger partial charge in [0.1, 0.15) is 11.6 Å². The first-order valence-corrected chi connectivity index (χ1v) is 9.58. The lowest BCUT2D eigenvalue weighted by Gasteiger charge is -2.18. The van der Waals surface area contributed by atoms with Crippen LogP contribution in [-0.4, -0.2) is 24.3 Å². The van der Waals surface area contributed by atoms with Gasteiger partial charge in [0, 0.05) is 18.1 Å². The van der Waals surface area contributed by atoms with Gasteiger partial charge in [-0.3, -0.25) is 4.79 Å². The second kappa shape index (κ2) is 10.1. The summed E-state index contributed by atoms with van der Waals surface area (Å²) in [4.78, 5) is 12.3. The van der Waals surface area contributed by atoms with E-state index in [-0.39, 0.29) is 11.7 Å². The Hall–Kier alpha value is -2.01. The molecule has 0 aromatic heterocycles. The van der Waals surface area contributed by atoms with Crippen LogP contribution in [0.3, 0.4) is 0 Å². The molecule has 1 N–H and O–H groups in total. The van der Waals surface area contributed by atoms with E-state index in [1.54, 1.807) is 23.9 Å². The maximum atomic E-state index is 13.5. The van der Waals surface area contributed by atoms with Crippen molar-refractivity contribution >= 4 is 17.7 Å². The monoisotopic (exact) mass is 361 g/mol. The van der Waals surface area contributed by atoms with Crippen molar-refractivity contribution < 1.29 is 13.9 Å². The van der Waals surface area contributed by atoms with E-state index < -0.39 is 6.10 Å². The van der Waals surface area contributed by atoms with Crippen LogP contribution in [-0.2, 0) is 10.5 Å². The molecule has 0 spiro atoms. The van der Waals surface area contributed by atoms with Crippen molar-refractivity contribution in [3.63, 3.8) is 0 Å². The third-order valence-electron chi connectivity index (χ3n) is 3.79. The fourth-order valence-corrected chi connectivity index (χ4v) is 3.17. The molecule has 0 bridgehead atoms. The maximum absolute atomic E-state index is 13.5. The molecule has 0 fully saturated rings. The van der Waals surface area contributed by atoms with Crippen LogP contribution in [0.5, 0.6) is 5.75 Å². The van der Waals surface area contributed by atoms with E-state index in [1.807, 2.05) is 44.2 Å². The zero-order valence-corrected chi connectivity index (χ0v) is 15.4. The molecule has 2 aromatic rings. The van der Waals surface area contributed by atoms with Gasteiger partial charge in [-0.15, -0.1) is 0 Å². The molecule has 0 aliphatic rings. The molecule has 25 heavy (non-hydrogen) atoms. The van der Waals surface area contributed by atoms with E-state index in [4.69, 9.17) is 4.74 Å². The molecule has 2 aromatic carbocycles. The number of hydrogen-bond acceptors (Lipinski definition) is 3. The topological polar surface area (TPSA) is 38.3 Å². The Labute approximate surface area is 153 Å². The summed E-state index contributed by atoms with van der Waals surface area (Å²) in [6.07, 6.45) is 0.0976. The van der Waals surface area contributed by atoms with Crippen LogP contribution in [0, 0.1) is 12.7 Å². The zero-order chi connectivity index (χ0) is 18.1. The minimum atomic E-state index is -0.502. The molecule has 2 rings (SSSR count). The Morgan fingerprint density at radius 3 is 2.64 bits per heavy atom. The summed E-state index contributed by atoms with van der Waals surface area (Å²) in [7, 11) is 0. The molecular weight excluding hydrogens is 337 g/mol. The van der Waals surface area contributed by atoms with Gasteiger partial charge in [-0.25, -0.2) is 4.39 Å². The summed E-state index contributed by atoms with van der Waals surface area (Å²) in [5.74, 6) is 1.76. The molecule has 5 heteroatoms. The average molecular weight is 361 g/mol. The highest BCUT2D eigenvalue weighted by Crippen LogP contribution is 2.19. The highest BCUT2D eigenvalue weighted by Gasteiger charge is 2.18. The van der Waals surface area contributed by atoms with Gasteiger partial charge in [-0.1, -0.05) is 43.3 Å². The molecule has 0 heterocycles. The van der Waals surface area contributed by atoms with Gasteiger partial charge in [-0.2, -0.15) is 11.8 Å². The van der Waals surface area contributed by atoms with Gasteiger partial charge in [0.2, 0.25) is 0 Å². The van der Waals surface area contributed by atoms with E-state index in [0.717, 1.165) is 17.1 Å². The molecule has 0 aliphatic carbocycles. The quantitative estimate of drug-likeness (QED) is 0.675. The Kier molecular flexibility index (Phi) is 7.79. The molecule has 3 nitrogen and oxygen atoms in total. The number of nitrogens with one attached hydrogen (secondary N) is 1. The predicted octanol–water partition coefficient (Wildman–Crippen LogP) is 4.34. The number of para-hydroxylation sites is 1. The Balaban J connectivity index is 1.73. The minimum absolute atomic E-state index is 0.114. The van der Waals surface area contributed by atoms with Crippen LogP contribution < -0.4 is 10.1 Å². The number of rotatable bonds is 9. The summed E-state index contributed by atoms with van der Waals surface area (Å²) < 4.78 is 19.3. The number of thioether (sulfide) groups is 1.